The predicted molar refractivity (Wildman–Crippen MR) is 63.8 cm³/mol. The number of halogens is 1. The van der Waals surface area contributed by atoms with Gasteiger partial charge < -0.3 is 9.72 Å². The van der Waals surface area contributed by atoms with Gasteiger partial charge in [0.2, 0.25) is 5.56 Å². The second kappa shape index (κ2) is 4.83. The molecule has 5 heteroatoms. The van der Waals surface area contributed by atoms with Gasteiger partial charge in [-0.2, -0.15) is 0 Å². The highest BCUT2D eigenvalue weighted by Crippen LogP contribution is 2.21. The van der Waals surface area contributed by atoms with Gasteiger partial charge in [0.15, 0.2) is 0 Å². The highest BCUT2D eigenvalue weighted by Gasteiger charge is 2.13. The number of H-pyrrole nitrogens is 1. The van der Waals surface area contributed by atoms with E-state index in [1.165, 1.54) is 37.6 Å². The van der Waals surface area contributed by atoms with E-state index in [2.05, 4.69) is 9.72 Å². The monoisotopic (exact) mass is 247 g/mol. The van der Waals surface area contributed by atoms with Gasteiger partial charge in [-0.15, -0.1) is 0 Å². The van der Waals surface area contributed by atoms with Crippen LogP contribution in [0.25, 0.3) is 11.1 Å². The maximum Gasteiger partial charge on any atom is 0.340 e. The Labute approximate surface area is 102 Å². The molecule has 1 aromatic carbocycles. The van der Waals surface area contributed by atoms with E-state index < -0.39 is 11.8 Å². The summed E-state index contributed by atoms with van der Waals surface area (Å²) in [5.41, 5.74) is 0.749. The Bertz CT molecular complexity index is 649. The van der Waals surface area contributed by atoms with Crippen molar-refractivity contribution in [3.8, 4) is 11.1 Å². The predicted octanol–water partition coefficient (Wildman–Crippen LogP) is 1.97. The third-order valence-corrected chi connectivity index (χ3v) is 2.48. The Morgan fingerprint density at radius 3 is 2.61 bits per heavy atom. The van der Waals surface area contributed by atoms with Crippen LogP contribution in [-0.4, -0.2) is 18.1 Å². The van der Waals surface area contributed by atoms with Crippen molar-refractivity contribution in [2.24, 2.45) is 0 Å². The van der Waals surface area contributed by atoms with E-state index in [1.54, 1.807) is 6.07 Å². The summed E-state index contributed by atoms with van der Waals surface area (Å²) in [7, 11) is 1.18. The SMILES string of the molecule is COC(=O)c1cc(-c2cc[nH]c(=O)c2)ccc1F. The van der Waals surface area contributed by atoms with Gasteiger partial charge in [-0.05, 0) is 29.3 Å². The van der Waals surface area contributed by atoms with E-state index in [0.717, 1.165) is 0 Å². The van der Waals surface area contributed by atoms with Crippen LogP contribution in [-0.2, 0) is 4.74 Å². The van der Waals surface area contributed by atoms with E-state index >= 15 is 0 Å². The molecule has 1 heterocycles. The topological polar surface area (TPSA) is 59.2 Å². The molecule has 2 aromatic rings. The number of hydrogen-bond donors (Lipinski definition) is 1. The van der Waals surface area contributed by atoms with Gasteiger partial charge in [0.1, 0.15) is 5.82 Å². The molecule has 0 saturated heterocycles. The molecule has 92 valence electrons. The summed E-state index contributed by atoms with van der Waals surface area (Å²) in [6.45, 7) is 0. The standard InChI is InChI=1S/C13H10FNO3/c1-18-13(17)10-6-8(2-3-11(10)14)9-4-5-15-12(16)7-9/h2-7H,1H3,(H,15,16). The largest absolute Gasteiger partial charge is 0.465 e. The Hall–Kier alpha value is -2.43. The molecule has 0 bridgehead atoms. The Morgan fingerprint density at radius 2 is 1.94 bits per heavy atom. The quantitative estimate of drug-likeness (QED) is 0.825. The fraction of sp³-hybridized carbons (Fsp3) is 0.0769. The average Bonchev–Trinajstić information content (AvgIpc) is 2.38. The van der Waals surface area contributed by atoms with E-state index in [0.29, 0.717) is 11.1 Å². The first-order valence-corrected chi connectivity index (χ1v) is 5.19. The molecule has 4 nitrogen and oxygen atoms in total. The first-order chi connectivity index (χ1) is 8.61. The van der Waals surface area contributed by atoms with Crippen LogP contribution >= 0.6 is 0 Å². The number of carbonyl (C=O) groups excluding carboxylic acids is 1. The molecule has 0 aliphatic heterocycles. The molecule has 0 spiro atoms. The van der Waals surface area contributed by atoms with Crippen molar-refractivity contribution in [2.45, 2.75) is 0 Å². The van der Waals surface area contributed by atoms with Gasteiger partial charge in [0.05, 0.1) is 12.7 Å². The fourth-order valence-corrected chi connectivity index (χ4v) is 1.60. The number of rotatable bonds is 2. The average molecular weight is 247 g/mol. The molecular weight excluding hydrogens is 237 g/mol. The molecule has 0 aliphatic rings. The van der Waals surface area contributed by atoms with Crippen LogP contribution in [0.3, 0.4) is 0 Å². The van der Waals surface area contributed by atoms with Crippen molar-refractivity contribution in [1.29, 1.82) is 0 Å². The zero-order valence-corrected chi connectivity index (χ0v) is 9.57. The third-order valence-electron chi connectivity index (χ3n) is 2.48. The summed E-state index contributed by atoms with van der Waals surface area (Å²) in [5, 5.41) is 0. The number of methoxy groups -OCH3 is 1. The molecule has 0 atom stereocenters. The summed E-state index contributed by atoms with van der Waals surface area (Å²) in [6.07, 6.45) is 1.48. The van der Waals surface area contributed by atoms with Crippen LogP contribution in [0.4, 0.5) is 4.39 Å². The second-order valence-electron chi connectivity index (χ2n) is 3.63. The summed E-state index contributed by atoms with van der Waals surface area (Å²) >= 11 is 0. The van der Waals surface area contributed by atoms with Gasteiger partial charge in [-0.1, -0.05) is 6.07 Å². The van der Waals surface area contributed by atoms with E-state index in [9.17, 15) is 14.0 Å². The van der Waals surface area contributed by atoms with E-state index in [-0.39, 0.29) is 11.1 Å². The number of esters is 1. The zero-order valence-electron chi connectivity index (χ0n) is 9.57. The number of aromatic nitrogens is 1. The van der Waals surface area contributed by atoms with Crippen molar-refractivity contribution < 1.29 is 13.9 Å². The van der Waals surface area contributed by atoms with Crippen LogP contribution in [0.15, 0.2) is 41.3 Å². The summed E-state index contributed by atoms with van der Waals surface area (Å²) in [5.74, 6) is -1.41. The van der Waals surface area contributed by atoms with Crippen molar-refractivity contribution in [3.63, 3.8) is 0 Å². The lowest BCUT2D eigenvalue weighted by Gasteiger charge is -2.05. The molecule has 0 aliphatic carbocycles. The van der Waals surface area contributed by atoms with E-state index in [1.807, 2.05) is 0 Å². The van der Waals surface area contributed by atoms with Crippen LogP contribution in [0, 0.1) is 5.82 Å². The molecule has 2 rings (SSSR count). The number of carbonyl (C=O) groups is 1. The minimum Gasteiger partial charge on any atom is -0.465 e. The number of ether oxygens (including phenoxy) is 1. The normalized spacial score (nSPS) is 10.1. The third kappa shape index (κ3) is 2.29. The second-order valence-corrected chi connectivity index (χ2v) is 3.63. The van der Waals surface area contributed by atoms with Crippen molar-refractivity contribution >= 4 is 5.97 Å². The van der Waals surface area contributed by atoms with Crippen LogP contribution < -0.4 is 5.56 Å². The lowest BCUT2D eigenvalue weighted by atomic mass is 10.0. The molecule has 0 amide bonds. The molecular formula is C13H10FNO3. The summed E-state index contributed by atoms with van der Waals surface area (Å²) in [4.78, 5) is 25.0. The van der Waals surface area contributed by atoms with Crippen LogP contribution in [0.1, 0.15) is 10.4 Å². The number of nitrogens with one attached hydrogen (secondary N) is 1. The molecule has 0 unspecified atom stereocenters. The summed E-state index contributed by atoms with van der Waals surface area (Å²) < 4.78 is 17.9. The van der Waals surface area contributed by atoms with Gasteiger partial charge >= 0.3 is 5.97 Å². The highest BCUT2D eigenvalue weighted by atomic mass is 19.1. The van der Waals surface area contributed by atoms with Crippen LogP contribution in [0.5, 0.6) is 0 Å². The lowest BCUT2D eigenvalue weighted by molar-refractivity contribution is 0.0595. The molecule has 1 N–H and O–H groups in total. The zero-order chi connectivity index (χ0) is 13.1. The maximum absolute atomic E-state index is 13.4. The molecule has 1 aromatic heterocycles. The Kier molecular flexibility index (Phi) is 3.23. The number of pyridine rings is 1. The van der Waals surface area contributed by atoms with Crippen LogP contribution in [0.2, 0.25) is 0 Å². The van der Waals surface area contributed by atoms with Gasteiger partial charge in [0, 0.05) is 12.3 Å². The first kappa shape index (κ1) is 12.0. The van der Waals surface area contributed by atoms with Crippen molar-refractivity contribution in [2.75, 3.05) is 7.11 Å². The molecule has 0 fully saturated rings. The highest BCUT2D eigenvalue weighted by molar-refractivity contribution is 5.91. The number of aromatic amines is 1. The Morgan fingerprint density at radius 1 is 1.22 bits per heavy atom. The van der Waals surface area contributed by atoms with Gasteiger partial charge in [-0.3, -0.25) is 4.79 Å². The lowest BCUT2D eigenvalue weighted by Crippen LogP contribution is -2.05. The molecule has 18 heavy (non-hydrogen) atoms. The van der Waals surface area contributed by atoms with E-state index in [4.69, 9.17) is 0 Å². The van der Waals surface area contributed by atoms with Gasteiger partial charge in [0.25, 0.3) is 0 Å². The summed E-state index contributed by atoms with van der Waals surface area (Å²) in [6, 6.07) is 7.05. The number of benzene rings is 1. The molecule has 0 radical (unpaired) electrons. The van der Waals surface area contributed by atoms with Gasteiger partial charge in [-0.25, -0.2) is 9.18 Å². The first-order valence-electron chi connectivity index (χ1n) is 5.19. The van der Waals surface area contributed by atoms with Crippen molar-refractivity contribution in [1.82, 2.24) is 4.98 Å². The molecule has 0 saturated carbocycles. The maximum atomic E-state index is 13.4. The van der Waals surface area contributed by atoms with Crippen molar-refractivity contribution in [3.05, 3.63) is 58.3 Å². The fourth-order valence-electron chi connectivity index (χ4n) is 1.60. The smallest absolute Gasteiger partial charge is 0.340 e. The number of hydrogen-bond acceptors (Lipinski definition) is 3. The minimum absolute atomic E-state index is 0.157. The minimum atomic E-state index is -0.751. The Balaban J connectivity index is 2.53.